The monoisotopic (exact) mass is 337 g/mol. The standard InChI is InChI=1S/C4H5I2NO/c1-2-3(5)7-4(6)8/h2-3H,1H2,(H,7,8). The Morgan fingerprint density at radius 2 is 2.38 bits per heavy atom. The predicted octanol–water partition coefficient (Wildman–Crippen LogP) is 2.08. The smallest absolute Gasteiger partial charge is 0.281 e. The van der Waals surface area contributed by atoms with E-state index in [4.69, 9.17) is 0 Å². The van der Waals surface area contributed by atoms with Crippen LogP contribution in [-0.4, -0.2) is 7.96 Å². The highest BCUT2D eigenvalue weighted by Gasteiger charge is 1.97. The van der Waals surface area contributed by atoms with E-state index in [9.17, 15) is 4.79 Å². The normalized spacial score (nSPS) is 12.2. The lowest BCUT2D eigenvalue weighted by Crippen LogP contribution is -2.22. The summed E-state index contributed by atoms with van der Waals surface area (Å²) in [6.45, 7) is 3.49. The molecule has 0 aliphatic carbocycles. The SMILES string of the molecule is C=CC(I)NC(=O)I. The molecule has 2 nitrogen and oxygen atoms in total. The van der Waals surface area contributed by atoms with E-state index in [1.54, 1.807) is 28.7 Å². The van der Waals surface area contributed by atoms with Crippen molar-refractivity contribution in [2.45, 2.75) is 4.05 Å². The Balaban J connectivity index is 3.38. The van der Waals surface area contributed by atoms with Crippen molar-refractivity contribution in [1.82, 2.24) is 5.32 Å². The number of alkyl halides is 1. The summed E-state index contributed by atoms with van der Waals surface area (Å²) < 4.78 is -0.00102. The Hall–Kier alpha value is 0.670. The van der Waals surface area contributed by atoms with Gasteiger partial charge in [-0.1, -0.05) is 28.7 Å². The first-order valence-corrected chi connectivity index (χ1v) is 4.22. The Morgan fingerprint density at radius 3 is 2.50 bits per heavy atom. The third-order valence-corrected chi connectivity index (χ3v) is 1.59. The summed E-state index contributed by atoms with van der Waals surface area (Å²) in [5, 5.41) is 2.61. The van der Waals surface area contributed by atoms with E-state index in [0.717, 1.165) is 0 Å². The first-order chi connectivity index (χ1) is 3.66. The molecule has 0 bridgehead atoms. The molecule has 0 saturated carbocycles. The van der Waals surface area contributed by atoms with E-state index in [-0.39, 0.29) is 7.96 Å². The van der Waals surface area contributed by atoms with Gasteiger partial charge in [0.15, 0.2) is 0 Å². The molecule has 1 amide bonds. The maximum absolute atomic E-state index is 10.2. The van der Waals surface area contributed by atoms with Gasteiger partial charge in [0.1, 0.15) is 0 Å². The van der Waals surface area contributed by atoms with Gasteiger partial charge in [0, 0.05) is 22.6 Å². The van der Waals surface area contributed by atoms with Crippen molar-refractivity contribution in [3.63, 3.8) is 0 Å². The highest BCUT2D eigenvalue weighted by molar-refractivity contribution is 14.1. The topological polar surface area (TPSA) is 29.1 Å². The van der Waals surface area contributed by atoms with Gasteiger partial charge in [-0.2, -0.15) is 0 Å². The van der Waals surface area contributed by atoms with Crippen molar-refractivity contribution in [3.8, 4) is 0 Å². The largest absolute Gasteiger partial charge is 0.332 e. The molecule has 1 unspecified atom stereocenters. The molecule has 0 aromatic heterocycles. The Bertz CT molecular complexity index is 104. The van der Waals surface area contributed by atoms with Crippen LogP contribution in [0.2, 0.25) is 0 Å². The molecule has 1 atom stereocenters. The van der Waals surface area contributed by atoms with Crippen molar-refractivity contribution in [2.24, 2.45) is 0 Å². The zero-order chi connectivity index (χ0) is 6.57. The van der Waals surface area contributed by atoms with Crippen LogP contribution >= 0.6 is 45.2 Å². The van der Waals surface area contributed by atoms with Crippen molar-refractivity contribution >= 4 is 49.1 Å². The van der Waals surface area contributed by atoms with E-state index in [0.29, 0.717) is 0 Å². The number of nitrogens with one attached hydrogen (secondary N) is 1. The lowest BCUT2D eigenvalue weighted by Gasteiger charge is -2.00. The molecule has 0 spiro atoms. The minimum absolute atomic E-state index is 0.0528. The number of halogens is 2. The number of carbonyl (C=O) groups is 1. The van der Waals surface area contributed by atoms with Crippen molar-refractivity contribution in [2.75, 3.05) is 0 Å². The average Bonchev–Trinajstić information content (AvgIpc) is 1.65. The minimum Gasteiger partial charge on any atom is -0.332 e. The fourth-order valence-electron chi connectivity index (χ4n) is 0.167. The van der Waals surface area contributed by atoms with Crippen LogP contribution in [0.1, 0.15) is 0 Å². The van der Waals surface area contributed by atoms with Crippen LogP contribution in [0.3, 0.4) is 0 Å². The van der Waals surface area contributed by atoms with Crippen LogP contribution in [0.25, 0.3) is 0 Å². The number of hydrogen-bond acceptors (Lipinski definition) is 1. The lowest BCUT2D eigenvalue weighted by atomic mass is 10.6. The maximum atomic E-state index is 10.2. The van der Waals surface area contributed by atoms with Gasteiger partial charge in [-0.25, -0.2) is 0 Å². The highest BCUT2D eigenvalue weighted by atomic mass is 127. The van der Waals surface area contributed by atoms with Crippen LogP contribution in [0.5, 0.6) is 0 Å². The second kappa shape index (κ2) is 4.54. The summed E-state index contributed by atoms with van der Waals surface area (Å²) >= 11 is 3.74. The molecule has 0 aromatic carbocycles. The van der Waals surface area contributed by atoms with Gasteiger partial charge in [0.25, 0.3) is 3.91 Å². The van der Waals surface area contributed by atoms with E-state index < -0.39 is 0 Å². The van der Waals surface area contributed by atoms with Gasteiger partial charge in [-0.05, 0) is 0 Å². The molecule has 8 heavy (non-hydrogen) atoms. The molecule has 0 aliphatic heterocycles. The third kappa shape index (κ3) is 4.82. The molecule has 0 aliphatic rings. The van der Waals surface area contributed by atoms with Crippen LogP contribution in [0.15, 0.2) is 12.7 Å². The van der Waals surface area contributed by atoms with Crippen LogP contribution in [0.4, 0.5) is 4.79 Å². The fourth-order valence-corrected chi connectivity index (χ4v) is 1.38. The summed E-state index contributed by atoms with van der Waals surface area (Å²) in [5.74, 6) is 0. The van der Waals surface area contributed by atoms with Crippen LogP contribution in [0, 0.1) is 0 Å². The highest BCUT2D eigenvalue weighted by Crippen LogP contribution is 1.97. The van der Waals surface area contributed by atoms with Crippen LogP contribution < -0.4 is 5.32 Å². The molecule has 0 fully saturated rings. The lowest BCUT2D eigenvalue weighted by molar-refractivity contribution is 0.263. The first kappa shape index (κ1) is 8.67. The average molecular weight is 337 g/mol. The van der Waals surface area contributed by atoms with Crippen molar-refractivity contribution in [3.05, 3.63) is 12.7 Å². The summed E-state index contributed by atoms with van der Waals surface area (Å²) in [6, 6.07) is 0. The molecule has 0 radical (unpaired) electrons. The van der Waals surface area contributed by atoms with Gasteiger partial charge in [0.2, 0.25) is 0 Å². The Morgan fingerprint density at radius 1 is 1.88 bits per heavy atom. The molecule has 0 saturated heterocycles. The Kier molecular flexibility index (Phi) is 4.92. The molecular weight excluding hydrogens is 332 g/mol. The zero-order valence-electron chi connectivity index (χ0n) is 4.03. The molecule has 46 valence electrons. The zero-order valence-corrected chi connectivity index (χ0v) is 8.34. The first-order valence-electron chi connectivity index (χ1n) is 1.89. The second-order valence-electron chi connectivity index (χ2n) is 1.06. The molecule has 0 heterocycles. The molecule has 0 rings (SSSR count). The van der Waals surface area contributed by atoms with E-state index in [2.05, 4.69) is 34.5 Å². The molecular formula is C4H5I2NO. The fraction of sp³-hybridized carbons (Fsp3) is 0.250. The van der Waals surface area contributed by atoms with Gasteiger partial charge in [-0.15, -0.1) is 6.58 Å². The van der Waals surface area contributed by atoms with Crippen molar-refractivity contribution in [1.29, 1.82) is 0 Å². The Labute approximate surface area is 75.4 Å². The number of hydrogen-bond donors (Lipinski definition) is 1. The van der Waals surface area contributed by atoms with Gasteiger partial charge in [0.05, 0.1) is 4.05 Å². The van der Waals surface area contributed by atoms with E-state index in [1.165, 1.54) is 0 Å². The van der Waals surface area contributed by atoms with E-state index >= 15 is 0 Å². The van der Waals surface area contributed by atoms with Crippen molar-refractivity contribution < 1.29 is 4.79 Å². The van der Waals surface area contributed by atoms with Crippen LogP contribution in [-0.2, 0) is 0 Å². The number of carbonyl (C=O) groups excluding carboxylic acids is 1. The molecule has 1 N–H and O–H groups in total. The summed E-state index contributed by atoms with van der Waals surface area (Å²) in [7, 11) is 0. The van der Waals surface area contributed by atoms with Gasteiger partial charge < -0.3 is 5.32 Å². The van der Waals surface area contributed by atoms with Gasteiger partial charge >= 0.3 is 0 Å². The summed E-state index contributed by atoms with van der Waals surface area (Å²) in [6.07, 6.45) is 1.66. The predicted molar refractivity (Wildman–Crippen MR) is 50.6 cm³/mol. The summed E-state index contributed by atoms with van der Waals surface area (Å²) in [4.78, 5) is 10.2. The second-order valence-corrected chi connectivity index (χ2v) is 3.38. The molecule has 4 heteroatoms. The number of rotatable bonds is 2. The van der Waals surface area contributed by atoms with Gasteiger partial charge in [-0.3, -0.25) is 4.79 Å². The van der Waals surface area contributed by atoms with E-state index in [1.807, 2.05) is 0 Å². The summed E-state index contributed by atoms with van der Waals surface area (Å²) in [5.41, 5.74) is 0. The maximum Gasteiger partial charge on any atom is 0.281 e. The number of amides is 1. The minimum atomic E-state index is -0.0538. The molecule has 0 aromatic rings. The third-order valence-electron chi connectivity index (χ3n) is 0.458. The quantitative estimate of drug-likeness (QED) is 0.270.